The van der Waals surface area contributed by atoms with Crippen LogP contribution in [-0.4, -0.2) is 108 Å². The van der Waals surface area contributed by atoms with Gasteiger partial charge in [0.1, 0.15) is 17.9 Å². The van der Waals surface area contributed by atoms with Gasteiger partial charge in [-0.15, -0.1) is 0 Å². The van der Waals surface area contributed by atoms with Crippen LogP contribution in [0.1, 0.15) is 104 Å². The van der Waals surface area contributed by atoms with Crippen molar-refractivity contribution in [2.45, 2.75) is 135 Å². The van der Waals surface area contributed by atoms with Crippen molar-refractivity contribution in [2.75, 3.05) is 27.7 Å². The molecule has 1 aromatic carbocycles. The van der Waals surface area contributed by atoms with Gasteiger partial charge < -0.3 is 34.9 Å². The Hall–Kier alpha value is -4.43. The van der Waals surface area contributed by atoms with Gasteiger partial charge in [0, 0.05) is 58.8 Å². The van der Waals surface area contributed by atoms with Gasteiger partial charge in [0.15, 0.2) is 0 Å². The summed E-state index contributed by atoms with van der Waals surface area (Å²) in [6.45, 7) is 9.48. The van der Waals surface area contributed by atoms with Crippen LogP contribution in [0.3, 0.4) is 0 Å². The lowest BCUT2D eigenvalue weighted by Crippen LogP contribution is -2.45. The Morgan fingerprint density at radius 2 is 1.88 bits per heavy atom. The number of allylic oxidation sites excluding steroid dienone is 3. The number of rotatable bonds is 19. The summed E-state index contributed by atoms with van der Waals surface area (Å²) in [6.07, 6.45) is 12.1. The van der Waals surface area contributed by atoms with Gasteiger partial charge in [-0.05, 0) is 70.6 Å². The van der Waals surface area contributed by atoms with Crippen LogP contribution in [-0.2, 0) is 39.9 Å². The average Bonchev–Trinajstić information content (AvgIpc) is 3.74. The third kappa shape index (κ3) is 14.5. The molecular formula is C42H61ClN4O10. The van der Waals surface area contributed by atoms with Crippen molar-refractivity contribution in [3.05, 3.63) is 52.6 Å². The van der Waals surface area contributed by atoms with E-state index in [0.29, 0.717) is 55.8 Å². The van der Waals surface area contributed by atoms with Crippen molar-refractivity contribution in [3.8, 4) is 5.75 Å². The molecule has 3 aliphatic heterocycles. The van der Waals surface area contributed by atoms with Crippen molar-refractivity contribution in [1.82, 2.24) is 20.4 Å². The molecule has 0 aliphatic carbocycles. The number of likely N-dealkylation sites (N-methyl/N-ethyl adjacent to an activating group) is 1. The number of carboxylic acids is 1. The highest BCUT2D eigenvalue weighted by Gasteiger charge is 2.53. The standard InChI is InChI=1S/C26H35ClN2O5.C16H26N2O5/c1-17(13-18-9-10-21(27)22(14-18)32-4)7-5-6-8-19-15-20(33-25(31)29-19)16-23-26(2,34-23)12-11-24(30)28-3;1-11(14(21)22)17(4)12(19)8-6-5-7-9-18-13(20)10-16(2,3)15(18)23/h5-7,9-10,14,19-20,23H,8,11-13,15-16H2,1-4H3,(H,28,30)(H,29,31);11H,5-10H2,1-4H3,(H,21,22)/b6-5+,17-7+;/t19?,20-,23?,26?;/m0./s1. The number of epoxide rings is 1. The Morgan fingerprint density at radius 1 is 1.16 bits per heavy atom. The molecule has 3 N–H and O–H groups in total. The minimum atomic E-state index is -1.03. The smallest absolute Gasteiger partial charge is 0.407 e. The molecular weight excluding hydrogens is 756 g/mol. The fourth-order valence-electron chi connectivity index (χ4n) is 6.81. The maximum absolute atomic E-state index is 12.0. The number of nitrogens with zero attached hydrogens (tertiary/aromatic N) is 2. The first-order valence-electron chi connectivity index (χ1n) is 19.6. The van der Waals surface area contributed by atoms with E-state index in [2.05, 4.69) is 29.7 Å². The number of methoxy groups -OCH3 is 1. The molecule has 0 radical (unpaired) electrons. The zero-order chi connectivity index (χ0) is 42.5. The third-order valence-electron chi connectivity index (χ3n) is 10.7. The van der Waals surface area contributed by atoms with E-state index in [0.717, 1.165) is 24.8 Å². The molecule has 0 bridgehead atoms. The number of carbonyl (C=O) groups excluding carboxylic acids is 5. The summed E-state index contributed by atoms with van der Waals surface area (Å²) in [5.41, 5.74) is 1.42. The predicted octanol–water partition coefficient (Wildman–Crippen LogP) is 5.99. The second-order valence-corrected chi connectivity index (χ2v) is 16.4. The van der Waals surface area contributed by atoms with E-state index >= 15 is 0 Å². The van der Waals surface area contributed by atoms with Gasteiger partial charge >= 0.3 is 12.1 Å². The summed E-state index contributed by atoms with van der Waals surface area (Å²) in [5, 5.41) is 15.0. The molecule has 316 valence electrons. The van der Waals surface area contributed by atoms with Crippen molar-refractivity contribution in [1.29, 1.82) is 0 Å². The molecule has 3 aliphatic rings. The molecule has 3 saturated heterocycles. The normalized spacial score (nSPS) is 23.2. The number of amides is 5. The topological polar surface area (TPSA) is 184 Å². The largest absolute Gasteiger partial charge is 0.495 e. The quantitative estimate of drug-likeness (QED) is 0.0649. The lowest BCUT2D eigenvalue weighted by atomic mass is 9.92. The molecule has 5 amide bonds. The van der Waals surface area contributed by atoms with Crippen molar-refractivity contribution in [3.63, 3.8) is 0 Å². The first kappa shape index (κ1) is 46.9. The summed E-state index contributed by atoms with van der Waals surface area (Å²) in [7, 11) is 4.72. The number of nitrogens with one attached hydrogen (secondary N) is 2. The average molecular weight is 817 g/mol. The highest BCUT2D eigenvalue weighted by Crippen LogP contribution is 2.44. The van der Waals surface area contributed by atoms with E-state index in [4.69, 9.17) is 30.9 Å². The highest BCUT2D eigenvalue weighted by molar-refractivity contribution is 6.32. The number of aliphatic carboxylic acids is 1. The molecule has 0 saturated carbocycles. The Labute approximate surface area is 341 Å². The number of benzene rings is 1. The number of carboxylic acid groups (broad SMARTS) is 1. The van der Waals surface area contributed by atoms with Gasteiger partial charge in [0.25, 0.3) is 0 Å². The zero-order valence-corrected chi connectivity index (χ0v) is 35.4. The van der Waals surface area contributed by atoms with E-state index < -0.39 is 17.4 Å². The molecule has 0 aromatic heterocycles. The van der Waals surface area contributed by atoms with Crippen LogP contribution < -0.4 is 15.4 Å². The number of ether oxygens (including phenoxy) is 3. The van der Waals surface area contributed by atoms with Gasteiger partial charge in [-0.2, -0.15) is 0 Å². The molecule has 3 fully saturated rings. The van der Waals surface area contributed by atoms with Crippen LogP contribution in [0.25, 0.3) is 0 Å². The molecule has 4 unspecified atom stereocenters. The summed E-state index contributed by atoms with van der Waals surface area (Å²) in [4.78, 5) is 72.5. The first-order valence-corrected chi connectivity index (χ1v) is 20.0. The molecule has 3 heterocycles. The number of cyclic esters (lactones) is 1. The summed E-state index contributed by atoms with van der Waals surface area (Å²) < 4.78 is 16.6. The molecule has 15 heteroatoms. The number of hydrogen-bond donors (Lipinski definition) is 3. The summed E-state index contributed by atoms with van der Waals surface area (Å²) >= 11 is 6.09. The van der Waals surface area contributed by atoms with Gasteiger partial charge in [-0.1, -0.05) is 61.7 Å². The van der Waals surface area contributed by atoms with Crippen LogP contribution in [0.5, 0.6) is 5.75 Å². The maximum Gasteiger partial charge on any atom is 0.407 e. The molecule has 0 spiro atoms. The van der Waals surface area contributed by atoms with Gasteiger partial charge in [-0.3, -0.25) is 24.1 Å². The number of alkyl carbamates (subject to hydrolysis) is 1. The Kier molecular flexibility index (Phi) is 17.6. The van der Waals surface area contributed by atoms with E-state index in [1.807, 2.05) is 31.2 Å². The fourth-order valence-corrected chi connectivity index (χ4v) is 7.01. The van der Waals surface area contributed by atoms with Crippen LogP contribution in [0.2, 0.25) is 5.02 Å². The zero-order valence-electron chi connectivity index (χ0n) is 34.7. The first-order chi connectivity index (χ1) is 26.8. The molecule has 1 aromatic rings. The van der Waals surface area contributed by atoms with Crippen molar-refractivity contribution in [2.24, 2.45) is 5.41 Å². The predicted molar refractivity (Wildman–Crippen MR) is 216 cm³/mol. The van der Waals surface area contributed by atoms with Crippen LogP contribution in [0.15, 0.2) is 42.0 Å². The van der Waals surface area contributed by atoms with Crippen LogP contribution >= 0.6 is 11.6 Å². The Balaban J connectivity index is 0.000000331. The number of imide groups is 1. The number of hydrogen-bond acceptors (Lipinski definition) is 9. The number of likely N-dealkylation sites (tertiary alicyclic amines) is 1. The maximum atomic E-state index is 12.0. The van der Waals surface area contributed by atoms with E-state index in [1.165, 1.54) is 29.3 Å². The third-order valence-corrected chi connectivity index (χ3v) is 11.1. The lowest BCUT2D eigenvalue weighted by molar-refractivity contribution is -0.148. The second-order valence-electron chi connectivity index (χ2n) is 16.0. The molecule has 57 heavy (non-hydrogen) atoms. The van der Waals surface area contributed by atoms with E-state index in [-0.39, 0.29) is 66.4 Å². The van der Waals surface area contributed by atoms with Crippen LogP contribution in [0.4, 0.5) is 4.79 Å². The van der Waals surface area contributed by atoms with E-state index in [1.54, 1.807) is 28.0 Å². The lowest BCUT2D eigenvalue weighted by Gasteiger charge is -2.29. The minimum Gasteiger partial charge on any atom is -0.495 e. The van der Waals surface area contributed by atoms with Crippen molar-refractivity contribution < 1.29 is 48.1 Å². The molecule has 14 nitrogen and oxygen atoms in total. The van der Waals surface area contributed by atoms with Gasteiger partial charge in [-0.25, -0.2) is 9.59 Å². The molecule has 4 rings (SSSR count). The molecule has 5 atom stereocenters. The van der Waals surface area contributed by atoms with Gasteiger partial charge in [0.2, 0.25) is 23.6 Å². The van der Waals surface area contributed by atoms with Crippen molar-refractivity contribution >= 4 is 47.3 Å². The highest BCUT2D eigenvalue weighted by atomic mass is 35.5. The monoisotopic (exact) mass is 816 g/mol. The fraction of sp³-hybridized carbons (Fsp3) is 0.619. The minimum absolute atomic E-state index is 0.00722. The Bertz CT molecular complexity index is 1680. The van der Waals surface area contributed by atoms with Crippen LogP contribution in [0, 0.1) is 5.41 Å². The number of halogens is 1. The number of unbranched alkanes of at least 4 members (excludes halogenated alkanes) is 2. The Morgan fingerprint density at radius 3 is 2.51 bits per heavy atom. The number of carbonyl (C=O) groups is 6. The second kappa shape index (κ2) is 21.4. The summed E-state index contributed by atoms with van der Waals surface area (Å²) in [6, 6.07) is 4.97. The van der Waals surface area contributed by atoms with E-state index in [9.17, 15) is 28.8 Å². The summed E-state index contributed by atoms with van der Waals surface area (Å²) in [5.74, 6) is -0.827. The van der Waals surface area contributed by atoms with Gasteiger partial charge in [0.05, 0.1) is 29.3 Å². The SMILES string of the molecule is CC(C(=O)O)N(C)C(=O)CCCCCN1C(=O)CC(C)(C)C1=O.CNC(=O)CCC1(C)OC1C[C@@H]1CC(C/C=C/C=C(\C)Cc2ccc(Cl)c(OC)c2)NC(=O)O1.